The van der Waals surface area contributed by atoms with Gasteiger partial charge in [-0.25, -0.2) is 0 Å². The number of hydrogen-bond acceptors (Lipinski definition) is 3. The van der Waals surface area contributed by atoms with Crippen LogP contribution in [0, 0.1) is 5.92 Å². The van der Waals surface area contributed by atoms with Crippen LogP contribution in [-0.2, 0) is 14.3 Å². The zero-order valence-corrected chi connectivity index (χ0v) is 11.8. The Morgan fingerprint density at radius 3 is 2.61 bits per heavy atom. The lowest BCUT2D eigenvalue weighted by atomic mass is 9.96. The van der Waals surface area contributed by atoms with Crippen LogP contribution in [0.4, 0.5) is 0 Å². The Bertz CT molecular complexity index is 227. The third-order valence-electron chi connectivity index (χ3n) is 3.21. The van der Waals surface area contributed by atoms with Crippen LogP contribution in [0.1, 0.15) is 39.5 Å². The number of carbonyl (C=O) groups excluding carboxylic acids is 1. The van der Waals surface area contributed by atoms with Gasteiger partial charge in [0, 0.05) is 45.9 Å². The Hall–Kier alpha value is -0.610. The van der Waals surface area contributed by atoms with Crippen molar-refractivity contribution in [3.63, 3.8) is 0 Å². The lowest BCUT2D eigenvalue weighted by molar-refractivity contribution is -0.138. The highest BCUT2D eigenvalue weighted by molar-refractivity contribution is 5.76. The van der Waals surface area contributed by atoms with Crippen molar-refractivity contribution in [3.05, 3.63) is 0 Å². The fourth-order valence-corrected chi connectivity index (χ4v) is 2.08. The maximum Gasteiger partial charge on any atom is 0.222 e. The van der Waals surface area contributed by atoms with E-state index in [9.17, 15) is 4.79 Å². The van der Waals surface area contributed by atoms with Gasteiger partial charge in [0.25, 0.3) is 0 Å². The van der Waals surface area contributed by atoms with Gasteiger partial charge in [0.15, 0.2) is 0 Å². The van der Waals surface area contributed by atoms with Gasteiger partial charge < -0.3 is 14.4 Å². The van der Waals surface area contributed by atoms with Crippen LogP contribution >= 0.6 is 0 Å². The SMILES string of the molecule is CCCOCCCC(=O)N1CC(CCOCC)C1. The Balaban J connectivity index is 1.94. The van der Waals surface area contributed by atoms with Crippen LogP contribution in [-0.4, -0.2) is 50.3 Å². The average Bonchev–Trinajstić information content (AvgIpc) is 2.31. The van der Waals surface area contributed by atoms with Crippen molar-refractivity contribution in [2.45, 2.75) is 39.5 Å². The first-order valence-corrected chi connectivity index (χ1v) is 7.21. The summed E-state index contributed by atoms with van der Waals surface area (Å²) in [5.74, 6) is 0.930. The van der Waals surface area contributed by atoms with E-state index in [1.807, 2.05) is 11.8 Å². The molecule has 4 nitrogen and oxygen atoms in total. The molecule has 0 spiro atoms. The van der Waals surface area contributed by atoms with Crippen molar-refractivity contribution in [1.29, 1.82) is 0 Å². The first-order valence-electron chi connectivity index (χ1n) is 7.21. The molecular weight excluding hydrogens is 230 g/mol. The van der Waals surface area contributed by atoms with Crippen LogP contribution in [0.25, 0.3) is 0 Å². The van der Waals surface area contributed by atoms with Gasteiger partial charge >= 0.3 is 0 Å². The van der Waals surface area contributed by atoms with Crippen LogP contribution in [0.2, 0.25) is 0 Å². The Kier molecular flexibility index (Phi) is 8.01. The number of amides is 1. The molecule has 1 aliphatic heterocycles. The minimum absolute atomic E-state index is 0.280. The third kappa shape index (κ3) is 5.83. The molecule has 0 atom stereocenters. The molecule has 106 valence electrons. The monoisotopic (exact) mass is 257 g/mol. The van der Waals surface area contributed by atoms with Crippen molar-refractivity contribution >= 4 is 5.91 Å². The van der Waals surface area contributed by atoms with E-state index in [-0.39, 0.29) is 5.91 Å². The summed E-state index contributed by atoms with van der Waals surface area (Å²) in [5, 5.41) is 0. The van der Waals surface area contributed by atoms with Crippen LogP contribution in [0.5, 0.6) is 0 Å². The summed E-state index contributed by atoms with van der Waals surface area (Å²) in [5.41, 5.74) is 0. The van der Waals surface area contributed by atoms with E-state index in [0.717, 1.165) is 52.2 Å². The van der Waals surface area contributed by atoms with E-state index in [2.05, 4.69) is 6.92 Å². The normalized spacial score (nSPS) is 15.8. The maximum absolute atomic E-state index is 11.8. The summed E-state index contributed by atoms with van der Waals surface area (Å²) in [6, 6.07) is 0. The standard InChI is InChI=1S/C14H27NO3/c1-3-8-18-9-5-6-14(16)15-11-13(12-15)7-10-17-4-2/h13H,3-12H2,1-2H3. The first-order chi connectivity index (χ1) is 8.77. The molecule has 1 aliphatic rings. The minimum atomic E-state index is 0.280. The molecule has 0 N–H and O–H groups in total. The Labute approximate surface area is 111 Å². The molecule has 0 saturated carbocycles. The summed E-state index contributed by atoms with van der Waals surface area (Å²) in [6.07, 6.45) is 3.60. The fourth-order valence-electron chi connectivity index (χ4n) is 2.08. The molecule has 1 saturated heterocycles. The summed E-state index contributed by atoms with van der Waals surface area (Å²) >= 11 is 0. The van der Waals surface area contributed by atoms with Gasteiger partial charge in [-0.3, -0.25) is 4.79 Å². The van der Waals surface area contributed by atoms with Crippen LogP contribution in [0.15, 0.2) is 0 Å². The predicted octanol–water partition coefficient (Wildman–Crippen LogP) is 2.08. The molecule has 18 heavy (non-hydrogen) atoms. The largest absolute Gasteiger partial charge is 0.382 e. The molecule has 1 rings (SSSR count). The lowest BCUT2D eigenvalue weighted by Gasteiger charge is -2.39. The van der Waals surface area contributed by atoms with Gasteiger partial charge in [-0.1, -0.05) is 6.92 Å². The summed E-state index contributed by atoms with van der Waals surface area (Å²) < 4.78 is 10.7. The van der Waals surface area contributed by atoms with Crippen molar-refractivity contribution < 1.29 is 14.3 Å². The van der Waals surface area contributed by atoms with E-state index < -0.39 is 0 Å². The van der Waals surface area contributed by atoms with Gasteiger partial charge in [0.1, 0.15) is 0 Å². The molecule has 4 heteroatoms. The molecular formula is C14H27NO3. The molecule has 1 fully saturated rings. The number of ether oxygens (including phenoxy) is 2. The van der Waals surface area contributed by atoms with Crippen LogP contribution in [0.3, 0.4) is 0 Å². The molecule has 0 aromatic carbocycles. The van der Waals surface area contributed by atoms with Gasteiger partial charge in [-0.15, -0.1) is 0 Å². The first kappa shape index (κ1) is 15.4. The van der Waals surface area contributed by atoms with Gasteiger partial charge in [0.2, 0.25) is 5.91 Å². The highest BCUT2D eigenvalue weighted by Crippen LogP contribution is 2.20. The molecule has 0 unspecified atom stereocenters. The van der Waals surface area contributed by atoms with E-state index >= 15 is 0 Å². The quantitative estimate of drug-likeness (QED) is 0.562. The van der Waals surface area contributed by atoms with Gasteiger partial charge in [-0.2, -0.15) is 0 Å². The molecule has 1 amide bonds. The summed E-state index contributed by atoms with van der Waals surface area (Å²) in [7, 11) is 0. The van der Waals surface area contributed by atoms with Crippen molar-refractivity contribution in [2.24, 2.45) is 5.92 Å². The second-order valence-electron chi connectivity index (χ2n) is 4.87. The Morgan fingerprint density at radius 2 is 1.94 bits per heavy atom. The van der Waals surface area contributed by atoms with E-state index in [4.69, 9.17) is 9.47 Å². The van der Waals surface area contributed by atoms with E-state index in [0.29, 0.717) is 18.9 Å². The number of nitrogens with zero attached hydrogens (tertiary/aromatic N) is 1. The smallest absolute Gasteiger partial charge is 0.222 e. The summed E-state index contributed by atoms with van der Waals surface area (Å²) in [6.45, 7) is 9.06. The highest BCUT2D eigenvalue weighted by atomic mass is 16.5. The highest BCUT2D eigenvalue weighted by Gasteiger charge is 2.29. The second-order valence-corrected chi connectivity index (χ2v) is 4.87. The molecule has 0 aliphatic carbocycles. The lowest BCUT2D eigenvalue weighted by Crippen LogP contribution is -2.50. The summed E-state index contributed by atoms with van der Waals surface area (Å²) in [4.78, 5) is 13.7. The number of hydrogen-bond donors (Lipinski definition) is 0. The fraction of sp³-hybridized carbons (Fsp3) is 0.929. The number of likely N-dealkylation sites (tertiary alicyclic amines) is 1. The maximum atomic E-state index is 11.8. The van der Waals surface area contributed by atoms with Crippen molar-refractivity contribution in [1.82, 2.24) is 4.90 Å². The molecule has 0 aromatic heterocycles. The minimum Gasteiger partial charge on any atom is -0.382 e. The van der Waals surface area contributed by atoms with Gasteiger partial charge in [-0.05, 0) is 32.1 Å². The van der Waals surface area contributed by atoms with Gasteiger partial charge in [0.05, 0.1) is 0 Å². The van der Waals surface area contributed by atoms with Crippen molar-refractivity contribution in [2.75, 3.05) is 39.5 Å². The third-order valence-corrected chi connectivity index (χ3v) is 3.21. The predicted molar refractivity (Wildman–Crippen MR) is 71.5 cm³/mol. The Morgan fingerprint density at radius 1 is 1.17 bits per heavy atom. The molecule has 0 bridgehead atoms. The number of carbonyl (C=O) groups is 1. The zero-order valence-electron chi connectivity index (χ0n) is 11.8. The average molecular weight is 257 g/mol. The second kappa shape index (κ2) is 9.34. The molecule has 0 aromatic rings. The van der Waals surface area contributed by atoms with E-state index in [1.54, 1.807) is 0 Å². The zero-order chi connectivity index (χ0) is 13.2. The van der Waals surface area contributed by atoms with E-state index in [1.165, 1.54) is 0 Å². The van der Waals surface area contributed by atoms with Crippen molar-refractivity contribution in [3.8, 4) is 0 Å². The molecule has 0 radical (unpaired) electrons. The number of rotatable bonds is 10. The topological polar surface area (TPSA) is 38.8 Å². The van der Waals surface area contributed by atoms with Crippen LogP contribution < -0.4 is 0 Å². The molecule has 1 heterocycles.